The zero-order chi connectivity index (χ0) is 26.4. The van der Waals surface area contributed by atoms with Crippen molar-refractivity contribution in [3.05, 3.63) is 106 Å². The number of carbonyl (C=O) groups is 1. The first kappa shape index (κ1) is 26.0. The number of rotatable bonds is 8. The molecule has 0 saturated heterocycles. The van der Waals surface area contributed by atoms with Crippen LogP contribution in [-0.2, 0) is 5.41 Å². The Kier molecular flexibility index (Phi) is 7.92. The van der Waals surface area contributed by atoms with Crippen molar-refractivity contribution >= 4 is 11.6 Å². The molecule has 0 aliphatic heterocycles. The number of ether oxygens (including phenoxy) is 1. The van der Waals surface area contributed by atoms with E-state index in [1.807, 2.05) is 60.7 Å². The van der Waals surface area contributed by atoms with Crippen LogP contribution in [0.1, 0.15) is 56.5 Å². The Morgan fingerprint density at radius 2 is 1.54 bits per heavy atom. The number of H-pyrrole nitrogens is 1. The van der Waals surface area contributed by atoms with Gasteiger partial charge in [-0.2, -0.15) is 0 Å². The highest BCUT2D eigenvalue weighted by Crippen LogP contribution is 2.30. The number of pyridine rings is 1. The van der Waals surface area contributed by atoms with E-state index in [1.54, 1.807) is 12.1 Å². The lowest BCUT2D eigenvalue weighted by Gasteiger charge is -2.19. The number of anilines is 1. The first-order valence-electron chi connectivity index (χ1n) is 12.7. The second-order valence-corrected chi connectivity index (χ2v) is 10.2. The van der Waals surface area contributed by atoms with Crippen LogP contribution in [0, 0.1) is 0 Å². The maximum absolute atomic E-state index is 13.4. The number of nitrogens with one attached hydrogen (secondary N) is 2. The topological polar surface area (TPSA) is 71.2 Å². The third-order valence-corrected chi connectivity index (χ3v) is 6.29. The lowest BCUT2D eigenvalue weighted by Crippen LogP contribution is -2.25. The molecule has 0 fully saturated rings. The minimum atomic E-state index is -0.450. The fourth-order valence-electron chi connectivity index (χ4n) is 4.10. The number of benzene rings is 3. The molecule has 5 heteroatoms. The SMILES string of the molecule is CCCCOc1ccc(-c2cc(-c3ccc(C(C)(C)C)cc3)c(C(=O)Nc3ccccc3)c(=O)[nH]2)cc1. The molecule has 0 aliphatic rings. The molecule has 0 unspecified atom stereocenters. The molecule has 190 valence electrons. The van der Waals surface area contributed by atoms with Crippen LogP contribution in [-0.4, -0.2) is 17.5 Å². The molecule has 37 heavy (non-hydrogen) atoms. The Hall–Kier alpha value is -4.12. The smallest absolute Gasteiger partial charge is 0.261 e. The second-order valence-electron chi connectivity index (χ2n) is 10.2. The summed E-state index contributed by atoms with van der Waals surface area (Å²) >= 11 is 0. The highest BCUT2D eigenvalue weighted by Gasteiger charge is 2.21. The highest BCUT2D eigenvalue weighted by molar-refractivity contribution is 6.08. The summed E-state index contributed by atoms with van der Waals surface area (Å²) in [5, 5.41) is 2.86. The van der Waals surface area contributed by atoms with Gasteiger partial charge in [0.15, 0.2) is 0 Å². The molecule has 0 aliphatic carbocycles. The van der Waals surface area contributed by atoms with Gasteiger partial charge in [0.1, 0.15) is 11.3 Å². The Balaban J connectivity index is 1.76. The molecule has 1 amide bonds. The molecule has 0 saturated carbocycles. The summed E-state index contributed by atoms with van der Waals surface area (Å²) in [6, 6.07) is 26.7. The van der Waals surface area contributed by atoms with Gasteiger partial charge in [-0.3, -0.25) is 9.59 Å². The Morgan fingerprint density at radius 1 is 0.892 bits per heavy atom. The van der Waals surface area contributed by atoms with Crippen molar-refractivity contribution in [2.24, 2.45) is 0 Å². The normalized spacial score (nSPS) is 11.2. The first-order chi connectivity index (χ1) is 17.8. The summed E-state index contributed by atoms with van der Waals surface area (Å²) in [5.74, 6) is 0.338. The van der Waals surface area contributed by atoms with Crippen LogP contribution in [0.4, 0.5) is 5.69 Å². The lowest BCUT2D eigenvalue weighted by molar-refractivity contribution is 0.102. The molecule has 0 atom stereocenters. The van der Waals surface area contributed by atoms with Gasteiger partial charge in [-0.15, -0.1) is 0 Å². The fourth-order valence-corrected chi connectivity index (χ4v) is 4.10. The van der Waals surface area contributed by atoms with Crippen LogP contribution in [0.2, 0.25) is 0 Å². The number of para-hydroxylation sites is 1. The molecule has 2 N–H and O–H groups in total. The van der Waals surface area contributed by atoms with Crippen molar-refractivity contribution in [3.8, 4) is 28.1 Å². The molecule has 4 rings (SSSR count). The van der Waals surface area contributed by atoms with Gasteiger partial charge in [0.2, 0.25) is 0 Å². The Labute approximate surface area is 218 Å². The summed E-state index contributed by atoms with van der Waals surface area (Å²) in [5.41, 5.74) is 4.29. The summed E-state index contributed by atoms with van der Waals surface area (Å²) < 4.78 is 5.77. The maximum atomic E-state index is 13.4. The van der Waals surface area contributed by atoms with Crippen molar-refractivity contribution in [2.45, 2.75) is 46.0 Å². The minimum absolute atomic E-state index is 0.00763. The van der Waals surface area contributed by atoms with E-state index in [0.29, 0.717) is 23.6 Å². The summed E-state index contributed by atoms with van der Waals surface area (Å²) in [6.07, 6.45) is 2.07. The molecular weight excluding hydrogens is 460 g/mol. The second kappa shape index (κ2) is 11.3. The third-order valence-electron chi connectivity index (χ3n) is 6.29. The van der Waals surface area contributed by atoms with Crippen molar-refractivity contribution in [3.63, 3.8) is 0 Å². The maximum Gasteiger partial charge on any atom is 0.261 e. The molecule has 0 spiro atoms. The average Bonchev–Trinajstić information content (AvgIpc) is 2.89. The zero-order valence-electron chi connectivity index (χ0n) is 21.9. The number of carbonyl (C=O) groups excluding carboxylic acids is 1. The van der Waals surface area contributed by atoms with Crippen molar-refractivity contribution in [1.29, 1.82) is 0 Å². The van der Waals surface area contributed by atoms with Gasteiger partial charge >= 0.3 is 0 Å². The van der Waals surface area contributed by atoms with Gasteiger partial charge in [0.05, 0.1) is 6.61 Å². The van der Waals surface area contributed by atoms with Gasteiger partial charge in [-0.05, 0) is 71.0 Å². The third kappa shape index (κ3) is 6.36. The van der Waals surface area contributed by atoms with E-state index in [4.69, 9.17) is 4.74 Å². The van der Waals surface area contributed by atoms with E-state index in [0.717, 1.165) is 29.7 Å². The van der Waals surface area contributed by atoms with Crippen LogP contribution in [0.5, 0.6) is 5.75 Å². The predicted octanol–water partition coefficient (Wildman–Crippen LogP) is 7.44. The molecule has 0 bridgehead atoms. The summed E-state index contributed by atoms with van der Waals surface area (Å²) in [4.78, 5) is 29.6. The van der Waals surface area contributed by atoms with E-state index in [-0.39, 0.29) is 11.0 Å². The van der Waals surface area contributed by atoms with Gasteiger partial charge in [0, 0.05) is 16.9 Å². The van der Waals surface area contributed by atoms with E-state index in [1.165, 1.54) is 5.56 Å². The van der Waals surface area contributed by atoms with E-state index < -0.39 is 11.5 Å². The highest BCUT2D eigenvalue weighted by atomic mass is 16.5. The molecular formula is C32H34N2O3. The molecule has 0 radical (unpaired) electrons. The average molecular weight is 495 g/mol. The molecule has 4 aromatic rings. The molecule has 5 nitrogen and oxygen atoms in total. The molecule has 1 heterocycles. The first-order valence-corrected chi connectivity index (χ1v) is 12.7. The fraction of sp³-hybridized carbons (Fsp3) is 0.250. The summed E-state index contributed by atoms with van der Waals surface area (Å²) in [7, 11) is 0. The van der Waals surface area contributed by atoms with E-state index >= 15 is 0 Å². The number of hydrogen-bond acceptors (Lipinski definition) is 3. The van der Waals surface area contributed by atoms with E-state index in [2.05, 4.69) is 50.1 Å². The summed E-state index contributed by atoms with van der Waals surface area (Å²) in [6.45, 7) is 9.26. The van der Waals surface area contributed by atoms with Crippen molar-refractivity contribution < 1.29 is 9.53 Å². The Bertz CT molecular complexity index is 1400. The largest absolute Gasteiger partial charge is 0.494 e. The number of aromatic amines is 1. The monoisotopic (exact) mass is 494 g/mol. The minimum Gasteiger partial charge on any atom is -0.494 e. The van der Waals surface area contributed by atoms with Crippen molar-refractivity contribution in [1.82, 2.24) is 4.98 Å². The zero-order valence-corrected chi connectivity index (χ0v) is 21.9. The van der Waals surface area contributed by atoms with Gasteiger partial charge in [-0.1, -0.05) is 76.6 Å². The molecule has 1 aromatic heterocycles. The quantitative estimate of drug-likeness (QED) is 0.250. The number of hydrogen-bond donors (Lipinski definition) is 2. The van der Waals surface area contributed by atoms with Crippen LogP contribution in [0.25, 0.3) is 22.4 Å². The van der Waals surface area contributed by atoms with Crippen LogP contribution >= 0.6 is 0 Å². The number of aromatic nitrogens is 1. The molecule has 3 aromatic carbocycles. The van der Waals surface area contributed by atoms with Crippen LogP contribution in [0.15, 0.2) is 89.7 Å². The van der Waals surface area contributed by atoms with Crippen molar-refractivity contribution in [2.75, 3.05) is 11.9 Å². The van der Waals surface area contributed by atoms with Gasteiger partial charge < -0.3 is 15.0 Å². The lowest BCUT2D eigenvalue weighted by atomic mass is 9.86. The van der Waals surface area contributed by atoms with E-state index in [9.17, 15) is 9.59 Å². The standard InChI is InChI=1S/C32H34N2O3/c1-5-6-20-37-26-18-14-23(15-19-26)28-21-27(22-12-16-24(17-13-22)32(2,3)4)29(31(36)34-28)30(35)33-25-10-8-7-9-11-25/h7-19,21H,5-6,20H2,1-4H3,(H,33,35)(H,34,36). The number of amides is 1. The Morgan fingerprint density at radius 3 is 2.16 bits per heavy atom. The number of unbranched alkanes of at least 4 members (excludes halogenated alkanes) is 1. The predicted molar refractivity (Wildman–Crippen MR) is 151 cm³/mol. The van der Waals surface area contributed by atoms with Gasteiger partial charge in [0.25, 0.3) is 11.5 Å². The van der Waals surface area contributed by atoms with Crippen LogP contribution < -0.4 is 15.6 Å². The van der Waals surface area contributed by atoms with Crippen LogP contribution in [0.3, 0.4) is 0 Å². The van der Waals surface area contributed by atoms with Gasteiger partial charge in [-0.25, -0.2) is 0 Å².